The first-order valence-corrected chi connectivity index (χ1v) is 10.6. The van der Waals surface area contributed by atoms with Gasteiger partial charge in [0.1, 0.15) is 0 Å². The van der Waals surface area contributed by atoms with Crippen LogP contribution in [0.25, 0.3) is 0 Å². The number of urea groups is 1. The van der Waals surface area contributed by atoms with Gasteiger partial charge in [0.15, 0.2) is 0 Å². The van der Waals surface area contributed by atoms with Crippen molar-refractivity contribution in [2.24, 2.45) is 0 Å². The maximum atomic E-state index is 11.8. The number of hydrogen-bond acceptors (Lipinski definition) is 7. The maximum Gasteiger partial charge on any atom is 0.315 e. The van der Waals surface area contributed by atoms with Gasteiger partial charge in [0.05, 0.1) is 24.4 Å². The number of carbonyl (C=O) groups excluding carboxylic acids is 2. The number of amides is 2. The largest absolute Gasteiger partial charge is 0.466 e. The molecule has 9 nitrogen and oxygen atoms in total. The number of aromatic nitrogens is 3. The van der Waals surface area contributed by atoms with Crippen molar-refractivity contribution in [3.8, 4) is 0 Å². The summed E-state index contributed by atoms with van der Waals surface area (Å²) >= 11 is 1.90. The lowest BCUT2D eigenvalue weighted by molar-refractivity contribution is -0.143. The van der Waals surface area contributed by atoms with Gasteiger partial charge >= 0.3 is 12.0 Å². The molecular weight excluding hydrogens is 368 g/mol. The predicted octanol–water partition coefficient (Wildman–Crippen LogP) is 0.657. The van der Waals surface area contributed by atoms with Crippen LogP contribution < -0.4 is 16.0 Å². The van der Waals surface area contributed by atoms with Crippen LogP contribution in [-0.2, 0) is 22.6 Å². The minimum Gasteiger partial charge on any atom is -0.466 e. The molecule has 0 bridgehead atoms. The second-order valence-corrected chi connectivity index (χ2v) is 8.22. The fourth-order valence-corrected chi connectivity index (χ4v) is 5.00. The van der Waals surface area contributed by atoms with E-state index in [1.807, 2.05) is 25.0 Å². The summed E-state index contributed by atoms with van der Waals surface area (Å²) in [5.74, 6) is 0.829. The first kappa shape index (κ1) is 19.9. The Kier molecular flexibility index (Phi) is 7.33. The van der Waals surface area contributed by atoms with E-state index >= 15 is 0 Å². The third kappa shape index (κ3) is 5.83. The van der Waals surface area contributed by atoms with Crippen LogP contribution in [0.5, 0.6) is 0 Å². The van der Waals surface area contributed by atoms with Crippen molar-refractivity contribution in [2.75, 3.05) is 19.4 Å². The van der Waals surface area contributed by atoms with Crippen LogP contribution in [0.3, 0.4) is 0 Å². The first-order valence-electron chi connectivity index (χ1n) is 9.53. The summed E-state index contributed by atoms with van der Waals surface area (Å²) in [6.07, 6.45) is 5.88. The van der Waals surface area contributed by atoms with Gasteiger partial charge in [-0.1, -0.05) is 11.6 Å². The van der Waals surface area contributed by atoms with Crippen LogP contribution in [0.4, 0.5) is 4.79 Å². The lowest BCUT2D eigenvalue weighted by atomic mass is 10.0. The Balaban J connectivity index is 1.21. The summed E-state index contributed by atoms with van der Waals surface area (Å²) in [5, 5.41) is 17.5. The molecule has 2 saturated heterocycles. The van der Waals surface area contributed by atoms with Crippen LogP contribution in [-0.4, -0.2) is 63.7 Å². The molecule has 0 spiro atoms. The van der Waals surface area contributed by atoms with E-state index in [4.69, 9.17) is 4.74 Å². The van der Waals surface area contributed by atoms with E-state index in [1.54, 1.807) is 4.68 Å². The number of nitrogens with zero attached hydrogens (tertiary/aromatic N) is 3. The molecule has 10 heteroatoms. The molecule has 3 unspecified atom stereocenters. The zero-order chi connectivity index (χ0) is 19.1. The molecule has 2 fully saturated rings. The number of rotatable bonds is 11. The molecule has 2 aliphatic heterocycles. The molecular formula is C17H28N6O3S. The third-order valence-corrected chi connectivity index (χ3v) is 6.30. The SMILES string of the molecule is CNCc1cn(CCCOC(=O)CCCCC2SCC3NC(=O)NC32)nn1. The average molecular weight is 397 g/mol. The Hall–Kier alpha value is -1.81. The van der Waals surface area contributed by atoms with Crippen LogP contribution in [0.1, 0.15) is 37.8 Å². The average Bonchev–Trinajstić information content (AvgIpc) is 3.33. The van der Waals surface area contributed by atoms with Gasteiger partial charge in [0.25, 0.3) is 0 Å². The van der Waals surface area contributed by atoms with Gasteiger partial charge in [-0.05, 0) is 19.9 Å². The van der Waals surface area contributed by atoms with Crippen molar-refractivity contribution in [1.29, 1.82) is 0 Å². The van der Waals surface area contributed by atoms with Gasteiger partial charge in [-0.3, -0.25) is 9.48 Å². The molecule has 3 N–H and O–H groups in total. The molecule has 0 aliphatic carbocycles. The molecule has 150 valence electrons. The van der Waals surface area contributed by atoms with Crippen molar-refractivity contribution in [2.45, 2.75) is 62.5 Å². The number of nitrogens with one attached hydrogen (secondary N) is 3. The fourth-order valence-electron chi connectivity index (χ4n) is 3.45. The number of thioether (sulfide) groups is 1. The number of unbranched alkanes of at least 4 members (excludes halogenated alkanes) is 1. The summed E-state index contributed by atoms with van der Waals surface area (Å²) in [6.45, 7) is 1.78. The Morgan fingerprint density at radius 2 is 2.30 bits per heavy atom. The van der Waals surface area contributed by atoms with Gasteiger partial charge in [0, 0.05) is 43.1 Å². The molecule has 0 aromatic carbocycles. The van der Waals surface area contributed by atoms with E-state index in [9.17, 15) is 9.59 Å². The van der Waals surface area contributed by atoms with E-state index in [1.165, 1.54) is 0 Å². The summed E-state index contributed by atoms with van der Waals surface area (Å²) in [5.41, 5.74) is 0.897. The van der Waals surface area contributed by atoms with E-state index in [2.05, 4.69) is 26.3 Å². The fraction of sp³-hybridized carbons (Fsp3) is 0.765. The normalized spacial score (nSPS) is 23.7. The van der Waals surface area contributed by atoms with Crippen molar-refractivity contribution < 1.29 is 14.3 Å². The van der Waals surface area contributed by atoms with Crippen LogP contribution in [0, 0.1) is 0 Å². The smallest absolute Gasteiger partial charge is 0.315 e. The number of ether oxygens (including phenoxy) is 1. The van der Waals surface area contributed by atoms with Crippen molar-refractivity contribution in [3.05, 3.63) is 11.9 Å². The minimum absolute atomic E-state index is 0.0528. The summed E-state index contributed by atoms with van der Waals surface area (Å²) in [6, 6.07) is 0.444. The molecule has 27 heavy (non-hydrogen) atoms. The highest BCUT2D eigenvalue weighted by Gasteiger charge is 2.42. The number of fused-ring (bicyclic) bond motifs is 1. The zero-order valence-corrected chi connectivity index (χ0v) is 16.5. The van der Waals surface area contributed by atoms with Gasteiger partial charge in [-0.25, -0.2) is 4.79 Å². The Bertz CT molecular complexity index is 640. The molecule has 3 atom stereocenters. The van der Waals surface area contributed by atoms with E-state index < -0.39 is 0 Å². The number of esters is 1. The molecule has 1 aromatic rings. The van der Waals surface area contributed by atoms with Crippen LogP contribution in [0.2, 0.25) is 0 Å². The highest BCUT2D eigenvalue weighted by molar-refractivity contribution is 8.00. The van der Waals surface area contributed by atoms with Gasteiger partial charge < -0.3 is 20.7 Å². The van der Waals surface area contributed by atoms with Gasteiger partial charge in [-0.15, -0.1) is 5.10 Å². The summed E-state index contributed by atoms with van der Waals surface area (Å²) in [7, 11) is 1.87. The lowest BCUT2D eigenvalue weighted by Crippen LogP contribution is -2.36. The Morgan fingerprint density at radius 1 is 1.41 bits per heavy atom. The van der Waals surface area contributed by atoms with Crippen molar-refractivity contribution in [3.63, 3.8) is 0 Å². The highest BCUT2D eigenvalue weighted by Crippen LogP contribution is 2.33. The first-order chi connectivity index (χ1) is 13.2. The standard InChI is InChI=1S/C17H28N6O3S/c1-18-9-12-10-23(22-21-12)7-4-8-26-15(24)6-3-2-5-14-16-13(11-27-14)19-17(25)20-16/h10,13-14,16,18H,2-9,11H2,1H3,(H2,19,20,25). The van der Waals surface area contributed by atoms with E-state index in [0.29, 0.717) is 31.4 Å². The molecule has 0 radical (unpaired) electrons. The van der Waals surface area contributed by atoms with Gasteiger partial charge in [0.2, 0.25) is 0 Å². The minimum atomic E-state index is -0.141. The zero-order valence-electron chi connectivity index (χ0n) is 15.6. The Labute approximate surface area is 163 Å². The van der Waals surface area contributed by atoms with E-state index in [0.717, 1.165) is 37.1 Å². The second-order valence-electron chi connectivity index (χ2n) is 6.94. The molecule has 2 aliphatic rings. The van der Waals surface area contributed by atoms with Crippen molar-refractivity contribution in [1.82, 2.24) is 30.9 Å². The predicted molar refractivity (Wildman–Crippen MR) is 102 cm³/mol. The van der Waals surface area contributed by atoms with Crippen LogP contribution in [0.15, 0.2) is 6.20 Å². The molecule has 3 heterocycles. The molecule has 0 saturated carbocycles. The summed E-state index contributed by atoms with van der Waals surface area (Å²) < 4.78 is 7.06. The second kappa shape index (κ2) is 9.93. The summed E-state index contributed by atoms with van der Waals surface area (Å²) in [4.78, 5) is 23.2. The van der Waals surface area contributed by atoms with Crippen molar-refractivity contribution >= 4 is 23.8 Å². The topological polar surface area (TPSA) is 110 Å². The van der Waals surface area contributed by atoms with E-state index in [-0.39, 0.29) is 24.1 Å². The number of hydrogen-bond donors (Lipinski definition) is 3. The van der Waals surface area contributed by atoms with Crippen LogP contribution >= 0.6 is 11.8 Å². The number of carbonyl (C=O) groups is 2. The molecule has 3 rings (SSSR count). The monoisotopic (exact) mass is 396 g/mol. The maximum absolute atomic E-state index is 11.8. The highest BCUT2D eigenvalue weighted by atomic mass is 32.2. The lowest BCUT2D eigenvalue weighted by Gasteiger charge is -2.16. The Morgan fingerprint density at radius 3 is 3.15 bits per heavy atom. The molecule has 2 amide bonds. The van der Waals surface area contributed by atoms with Gasteiger partial charge in [-0.2, -0.15) is 11.8 Å². The number of aryl methyl sites for hydroxylation is 1. The quantitative estimate of drug-likeness (QED) is 0.286. The third-order valence-electron chi connectivity index (χ3n) is 4.80. The molecule has 1 aromatic heterocycles.